The molecule has 0 aliphatic carbocycles. The van der Waals surface area contributed by atoms with Crippen LogP contribution in [0.25, 0.3) is 0 Å². The van der Waals surface area contributed by atoms with Crippen LogP contribution in [0.2, 0.25) is 0 Å². The van der Waals surface area contributed by atoms with Gasteiger partial charge in [-0.25, -0.2) is 0 Å². The Hall–Kier alpha value is -2.15. The van der Waals surface area contributed by atoms with Crippen LogP contribution in [0.5, 0.6) is 0 Å². The molecule has 0 radical (unpaired) electrons. The smallest absolute Gasteiger partial charge is 0.246 e. The minimum atomic E-state index is -0.926. The Morgan fingerprint density at radius 1 is 1.50 bits per heavy atom. The van der Waals surface area contributed by atoms with E-state index in [0.717, 1.165) is 5.69 Å². The first-order valence-corrected chi connectivity index (χ1v) is 6.60. The van der Waals surface area contributed by atoms with Gasteiger partial charge in [-0.15, -0.1) is 0 Å². The molecule has 1 fully saturated rings. The van der Waals surface area contributed by atoms with Crippen molar-refractivity contribution in [3.63, 3.8) is 0 Å². The third-order valence-corrected chi connectivity index (χ3v) is 3.16. The summed E-state index contributed by atoms with van der Waals surface area (Å²) in [4.78, 5) is 33.4. The average molecular weight is 290 g/mol. The molecule has 2 amide bonds. The van der Waals surface area contributed by atoms with Crippen molar-refractivity contribution in [3.05, 3.63) is 30.1 Å². The van der Waals surface area contributed by atoms with Gasteiger partial charge in [0.25, 0.3) is 0 Å². The second-order valence-corrected chi connectivity index (χ2v) is 4.55. The molecule has 104 valence electrons. The monoisotopic (exact) mass is 290 g/mol. The number of rotatable bonds is 4. The minimum Gasteiger partial charge on any atom is -0.302 e. The van der Waals surface area contributed by atoms with Gasteiger partial charge in [-0.3, -0.25) is 24.5 Å². The Morgan fingerprint density at radius 2 is 2.30 bits per heavy atom. The topological polar surface area (TPSA) is 74.7 Å². The molecule has 1 aliphatic rings. The standard InChI is InChI=1S/C13H14N4O2S/c1-2-17-12(19)10(11(18)16-13(17)20)8-14-7-9-5-3-4-6-15-9/h3-6,8,10H,2,7H2,1H3,(H,16,18,20)/t10-/m1/s1. The minimum absolute atomic E-state index is 0.150. The molecule has 0 spiro atoms. The molecule has 0 aromatic carbocycles. The molecule has 7 heteroatoms. The van der Waals surface area contributed by atoms with Crippen molar-refractivity contribution >= 4 is 35.4 Å². The summed E-state index contributed by atoms with van der Waals surface area (Å²) in [6.07, 6.45) is 3.03. The summed E-state index contributed by atoms with van der Waals surface area (Å²) in [6, 6.07) is 5.49. The van der Waals surface area contributed by atoms with E-state index in [9.17, 15) is 9.59 Å². The van der Waals surface area contributed by atoms with Crippen LogP contribution in [0, 0.1) is 5.92 Å². The van der Waals surface area contributed by atoms with E-state index in [-0.39, 0.29) is 11.0 Å². The molecule has 1 saturated heterocycles. The van der Waals surface area contributed by atoms with Gasteiger partial charge in [0.05, 0.1) is 12.2 Å². The van der Waals surface area contributed by atoms with Crippen LogP contribution < -0.4 is 5.32 Å². The fourth-order valence-corrected chi connectivity index (χ4v) is 2.12. The predicted octanol–water partition coefficient (Wildman–Crippen LogP) is 0.532. The van der Waals surface area contributed by atoms with Gasteiger partial charge in [0.1, 0.15) is 0 Å². The number of amides is 2. The summed E-state index contributed by atoms with van der Waals surface area (Å²) in [5.41, 5.74) is 0.773. The largest absolute Gasteiger partial charge is 0.302 e. The Balaban J connectivity index is 2.05. The number of nitrogens with zero attached hydrogens (tertiary/aromatic N) is 3. The van der Waals surface area contributed by atoms with Gasteiger partial charge in [0, 0.05) is 19.0 Å². The molecule has 0 saturated carbocycles. The molecule has 1 aromatic heterocycles. The van der Waals surface area contributed by atoms with Crippen LogP contribution in [0.4, 0.5) is 0 Å². The Kier molecular flexibility index (Phi) is 4.52. The van der Waals surface area contributed by atoms with E-state index in [1.807, 2.05) is 18.2 Å². The van der Waals surface area contributed by atoms with Gasteiger partial charge in [-0.2, -0.15) is 0 Å². The highest BCUT2D eigenvalue weighted by Gasteiger charge is 2.36. The van der Waals surface area contributed by atoms with Crippen molar-refractivity contribution in [2.75, 3.05) is 6.54 Å². The van der Waals surface area contributed by atoms with Crippen molar-refractivity contribution in [2.24, 2.45) is 10.9 Å². The van der Waals surface area contributed by atoms with E-state index in [1.165, 1.54) is 11.1 Å². The summed E-state index contributed by atoms with van der Waals surface area (Å²) in [5.74, 6) is -1.70. The van der Waals surface area contributed by atoms with E-state index < -0.39 is 11.8 Å². The third kappa shape index (κ3) is 3.05. The van der Waals surface area contributed by atoms with Crippen LogP contribution in [0.15, 0.2) is 29.4 Å². The van der Waals surface area contributed by atoms with E-state index in [0.29, 0.717) is 13.1 Å². The number of carbonyl (C=O) groups is 2. The molecule has 2 rings (SSSR count). The van der Waals surface area contributed by atoms with E-state index in [1.54, 1.807) is 13.1 Å². The van der Waals surface area contributed by atoms with Crippen molar-refractivity contribution in [1.82, 2.24) is 15.2 Å². The molecule has 0 bridgehead atoms. The fraction of sp³-hybridized carbons (Fsp3) is 0.308. The summed E-state index contributed by atoms with van der Waals surface area (Å²) < 4.78 is 0. The molecule has 6 nitrogen and oxygen atoms in total. The first-order chi connectivity index (χ1) is 9.63. The zero-order chi connectivity index (χ0) is 14.5. The van der Waals surface area contributed by atoms with Crippen LogP contribution in [-0.4, -0.2) is 39.6 Å². The SMILES string of the molecule is CCN1C(=O)[C@H](C=NCc2ccccn2)C(=O)NC1=S. The van der Waals surface area contributed by atoms with Crippen LogP contribution in [0.3, 0.4) is 0 Å². The highest BCUT2D eigenvalue weighted by molar-refractivity contribution is 7.80. The van der Waals surface area contributed by atoms with Gasteiger partial charge in [0.2, 0.25) is 11.8 Å². The van der Waals surface area contributed by atoms with E-state index >= 15 is 0 Å². The van der Waals surface area contributed by atoms with E-state index in [2.05, 4.69) is 15.3 Å². The Labute approximate surface area is 121 Å². The number of hydrogen-bond donors (Lipinski definition) is 1. The number of nitrogens with one attached hydrogen (secondary N) is 1. The van der Waals surface area contributed by atoms with E-state index in [4.69, 9.17) is 12.2 Å². The number of pyridine rings is 1. The highest BCUT2D eigenvalue weighted by atomic mass is 32.1. The van der Waals surface area contributed by atoms with Crippen molar-refractivity contribution in [1.29, 1.82) is 0 Å². The average Bonchev–Trinajstić information content (AvgIpc) is 2.44. The lowest BCUT2D eigenvalue weighted by atomic mass is 10.1. The second kappa shape index (κ2) is 6.33. The molecule has 2 heterocycles. The lowest BCUT2D eigenvalue weighted by Gasteiger charge is -2.29. The van der Waals surface area contributed by atoms with Crippen molar-refractivity contribution in [2.45, 2.75) is 13.5 Å². The lowest BCUT2D eigenvalue weighted by Crippen LogP contribution is -2.58. The van der Waals surface area contributed by atoms with Crippen LogP contribution in [0.1, 0.15) is 12.6 Å². The first-order valence-electron chi connectivity index (χ1n) is 6.19. The number of aliphatic imine (C=N–C) groups is 1. The number of thiocarbonyl (C=S) groups is 1. The normalized spacial score (nSPS) is 19.6. The van der Waals surface area contributed by atoms with Gasteiger partial charge in [-0.1, -0.05) is 6.07 Å². The molecule has 20 heavy (non-hydrogen) atoms. The maximum Gasteiger partial charge on any atom is 0.246 e. The second-order valence-electron chi connectivity index (χ2n) is 4.17. The highest BCUT2D eigenvalue weighted by Crippen LogP contribution is 2.09. The first kappa shape index (κ1) is 14.3. The molecule has 1 atom stereocenters. The van der Waals surface area contributed by atoms with Crippen LogP contribution >= 0.6 is 12.2 Å². The van der Waals surface area contributed by atoms with Gasteiger partial charge in [-0.05, 0) is 31.3 Å². The molecular formula is C13H14N4O2S. The van der Waals surface area contributed by atoms with Gasteiger partial charge in [0.15, 0.2) is 11.0 Å². The Morgan fingerprint density at radius 3 is 2.95 bits per heavy atom. The summed E-state index contributed by atoms with van der Waals surface area (Å²) in [5, 5.41) is 2.65. The molecule has 1 N–H and O–H groups in total. The number of aromatic nitrogens is 1. The molecule has 1 aliphatic heterocycles. The summed E-state index contributed by atoms with van der Waals surface area (Å²) in [6.45, 7) is 2.54. The number of carbonyl (C=O) groups excluding carboxylic acids is 2. The zero-order valence-corrected chi connectivity index (χ0v) is 11.8. The van der Waals surface area contributed by atoms with Gasteiger partial charge >= 0.3 is 0 Å². The van der Waals surface area contributed by atoms with Gasteiger partial charge < -0.3 is 5.32 Å². The third-order valence-electron chi connectivity index (χ3n) is 2.84. The summed E-state index contributed by atoms with van der Waals surface area (Å²) >= 11 is 4.94. The van der Waals surface area contributed by atoms with Crippen molar-refractivity contribution in [3.8, 4) is 0 Å². The quantitative estimate of drug-likeness (QED) is 0.499. The maximum absolute atomic E-state index is 12.1. The zero-order valence-electron chi connectivity index (χ0n) is 10.9. The lowest BCUT2D eigenvalue weighted by molar-refractivity contribution is -0.137. The van der Waals surface area contributed by atoms with Crippen LogP contribution in [-0.2, 0) is 16.1 Å². The fourth-order valence-electron chi connectivity index (χ4n) is 1.80. The predicted molar refractivity (Wildman–Crippen MR) is 78.1 cm³/mol. The molecule has 0 unspecified atom stereocenters. The molecule has 1 aromatic rings. The maximum atomic E-state index is 12.1. The molecular weight excluding hydrogens is 276 g/mol. The van der Waals surface area contributed by atoms with Crippen molar-refractivity contribution < 1.29 is 9.59 Å². The number of hydrogen-bond acceptors (Lipinski definition) is 5. The Bertz CT molecular complexity index is 559. The summed E-state index contributed by atoms with van der Waals surface area (Å²) in [7, 11) is 0.